The molecule has 1 aromatic heterocycles. The Labute approximate surface area is 140 Å². The smallest absolute Gasteiger partial charge is 0.230 e. The monoisotopic (exact) mass is 322 g/mol. The summed E-state index contributed by atoms with van der Waals surface area (Å²) in [4.78, 5) is 16.7. The number of hydrogen-bond donors (Lipinski definition) is 1. The van der Waals surface area contributed by atoms with Crippen LogP contribution in [0.1, 0.15) is 16.8 Å². The number of thiazole rings is 1. The maximum Gasteiger partial charge on any atom is 0.230 e. The fourth-order valence-electron chi connectivity index (χ4n) is 2.39. The van der Waals surface area contributed by atoms with Gasteiger partial charge in [0.2, 0.25) is 5.91 Å². The molecule has 0 aliphatic carbocycles. The summed E-state index contributed by atoms with van der Waals surface area (Å²) in [6.07, 6.45) is 0.288. The second-order valence-electron chi connectivity index (χ2n) is 5.61. The first-order chi connectivity index (χ1) is 11.1. The molecule has 1 N–H and O–H groups in total. The molecule has 0 radical (unpaired) electrons. The fourth-order valence-corrected chi connectivity index (χ4v) is 3.21. The molecule has 3 nitrogen and oxygen atoms in total. The molecule has 2 aromatic carbocycles. The quantitative estimate of drug-likeness (QED) is 0.762. The molecule has 3 rings (SSSR count). The predicted molar refractivity (Wildman–Crippen MR) is 95.8 cm³/mol. The van der Waals surface area contributed by atoms with Crippen LogP contribution in [-0.2, 0) is 11.2 Å². The molecule has 1 heterocycles. The summed E-state index contributed by atoms with van der Waals surface area (Å²) in [5.41, 5.74) is 5.05. The highest BCUT2D eigenvalue weighted by molar-refractivity contribution is 7.13. The van der Waals surface area contributed by atoms with Gasteiger partial charge in [-0.15, -0.1) is 11.3 Å². The number of nitrogens with zero attached hydrogens (tertiary/aromatic N) is 1. The maximum atomic E-state index is 12.1. The van der Waals surface area contributed by atoms with Crippen molar-refractivity contribution in [3.63, 3.8) is 0 Å². The zero-order chi connectivity index (χ0) is 16.2. The lowest BCUT2D eigenvalue weighted by molar-refractivity contribution is -0.115. The Balaban J connectivity index is 1.68. The predicted octanol–water partition coefficient (Wildman–Crippen LogP) is 4.61. The number of benzene rings is 2. The number of anilines is 1. The molecular weight excluding hydrogens is 304 g/mol. The van der Waals surface area contributed by atoms with Crippen molar-refractivity contribution in [3.05, 3.63) is 70.7 Å². The van der Waals surface area contributed by atoms with Crippen molar-refractivity contribution in [2.24, 2.45) is 0 Å². The van der Waals surface area contributed by atoms with Crippen LogP contribution >= 0.6 is 11.3 Å². The molecule has 1 amide bonds. The zero-order valence-electron chi connectivity index (χ0n) is 13.2. The Kier molecular flexibility index (Phi) is 4.53. The van der Waals surface area contributed by atoms with Gasteiger partial charge in [-0.25, -0.2) is 4.98 Å². The highest BCUT2D eigenvalue weighted by atomic mass is 32.1. The lowest BCUT2D eigenvalue weighted by atomic mass is 10.1. The van der Waals surface area contributed by atoms with Crippen molar-refractivity contribution in [1.82, 2.24) is 4.98 Å². The van der Waals surface area contributed by atoms with Crippen LogP contribution in [0.4, 0.5) is 5.69 Å². The van der Waals surface area contributed by atoms with Crippen LogP contribution in [0.2, 0.25) is 0 Å². The molecule has 116 valence electrons. The van der Waals surface area contributed by atoms with Crippen LogP contribution in [-0.4, -0.2) is 10.9 Å². The Hall–Kier alpha value is -2.46. The van der Waals surface area contributed by atoms with Crippen LogP contribution in [0, 0.1) is 13.8 Å². The molecule has 4 heteroatoms. The first-order valence-corrected chi connectivity index (χ1v) is 8.36. The number of carbonyl (C=O) groups excluding carboxylic acids is 1. The maximum absolute atomic E-state index is 12.1. The summed E-state index contributed by atoms with van der Waals surface area (Å²) in [5.74, 6) is -0.0447. The van der Waals surface area contributed by atoms with Crippen molar-refractivity contribution >= 4 is 22.9 Å². The second-order valence-corrected chi connectivity index (χ2v) is 6.47. The number of hydrogen-bond acceptors (Lipinski definition) is 3. The fraction of sp³-hybridized carbons (Fsp3) is 0.158. The molecule has 0 aliphatic rings. The number of amides is 1. The van der Waals surface area contributed by atoms with E-state index < -0.39 is 0 Å². The standard InChI is InChI=1S/C19H18N2OS/c1-13-5-3-7-15(9-13)19-21-17(12-23-19)11-18(22)20-16-8-4-6-14(2)10-16/h3-10,12H,11H2,1-2H3,(H,20,22). The molecule has 0 aliphatic heterocycles. The Morgan fingerprint density at radius 2 is 1.83 bits per heavy atom. The topological polar surface area (TPSA) is 42.0 Å². The first kappa shape index (κ1) is 15.4. The SMILES string of the molecule is Cc1cccc(NC(=O)Cc2csc(-c3cccc(C)c3)n2)c1. The third kappa shape index (κ3) is 4.05. The van der Waals surface area contributed by atoms with E-state index >= 15 is 0 Å². The number of aromatic nitrogens is 1. The summed E-state index contributed by atoms with van der Waals surface area (Å²) < 4.78 is 0. The summed E-state index contributed by atoms with van der Waals surface area (Å²) >= 11 is 1.57. The van der Waals surface area contributed by atoms with Crippen molar-refractivity contribution in [1.29, 1.82) is 0 Å². The largest absolute Gasteiger partial charge is 0.326 e. The highest BCUT2D eigenvalue weighted by Crippen LogP contribution is 2.24. The first-order valence-electron chi connectivity index (χ1n) is 7.48. The van der Waals surface area contributed by atoms with Gasteiger partial charge in [0.25, 0.3) is 0 Å². The average molecular weight is 322 g/mol. The van der Waals surface area contributed by atoms with Crippen molar-refractivity contribution in [2.75, 3.05) is 5.32 Å². The van der Waals surface area contributed by atoms with Crippen molar-refractivity contribution < 1.29 is 4.79 Å². The minimum Gasteiger partial charge on any atom is -0.326 e. The van der Waals surface area contributed by atoms with Crippen LogP contribution in [0.15, 0.2) is 53.9 Å². The van der Waals surface area contributed by atoms with Crippen molar-refractivity contribution in [2.45, 2.75) is 20.3 Å². The van der Waals surface area contributed by atoms with Gasteiger partial charge in [0.15, 0.2) is 0 Å². The van der Waals surface area contributed by atoms with Gasteiger partial charge in [0.05, 0.1) is 12.1 Å². The molecular formula is C19H18N2OS. The summed E-state index contributed by atoms with van der Waals surface area (Å²) in [7, 11) is 0. The summed E-state index contributed by atoms with van der Waals surface area (Å²) in [6, 6.07) is 16.0. The molecule has 0 spiro atoms. The number of rotatable bonds is 4. The van der Waals surface area contributed by atoms with E-state index in [2.05, 4.69) is 29.4 Å². The molecule has 23 heavy (non-hydrogen) atoms. The third-order valence-electron chi connectivity index (χ3n) is 3.46. The van der Waals surface area contributed by atoms with Gasteiger partial charge >= 0.3 is 0 Å². The van der Waals surface area contributed by atoms with E-state index in [0.29, 0.717) is 0 Å². The summed E-state index contributed by atoms with van der Waals surface area (Å²) in [5, 5.41) is 5.82. The van der Waals surface area contributed by atoms with E-state index in [1.165, 1.54) is 5.56 Å². The second kappa shape index (κ2) is 6.75. The highest BCUT2D eigenvalue weighted by Gasteiger charge is 2.09. The van der Waals surface area contributed by atoms with Gasteiger partial charge in [0, 0.05) is 16.6 Å². The van der Waals surface area contributed by atoms with E-state index in [1.807, 2.05) is 48.7 Å². The van der Waals surface area contributed by atoms with E-state index in [4.69, 9.17) is 0 Å². The lowest BCUT2D eigenvalue weighted by Gasteiger charge is -2.04. The van der Waals surface area contributed by atoms with Crippen LogP contribution in [0.3, 0.4) is 0 Å². The number of carbonyl (C=O) groups is 1. The molecule has 0 bridgehead atoms. The van der Waals surface area contributed by atoms with E-state index in [1.54, 1.807) is 11.3 Å². The molecule has 3 aromatic rings. The number of aryl methyl sites for hydroxylation is 2. The summed E-state index contributed by atoms with van der Waals surface area (Å²) in [6.45, 7) is 4.07. The molecule has 0 unspecified atom stereocenters. The van der Waals surface area contributed by atoms with Crippen LogP contribution < -0.4 is 5.32 Å². The molecule has 0 fully saturated rings. The Morgan fingerprint density at radius 1 is 1.09 bits per heavy atom. The van der Waals surface area contributed by atoms with Gasteiger partial charge in [-0.1, -0.05) is 35.9 Å². The van der Waals surface area contributed by atoms with Crippen LogP contribution in [0.25, 0.3) is 10.6 Å². The molecule has 0 saturated heterocycles. The van der Waals surface area contributed by atoms with Gasteiger partial charge < -0.3 is 5.32 Å². The van der Waals surface area contributed by atoms with E-state index in [9.17, 15) is 4.79 Å². The lowest BCUT2D eigenvalue weighted by Crippen LogP contribution is -2.14. The van der Waals surface area contributed by atoms with Gasteiger partial charge in [-0.3, -0.25) is 4.79 Å². The normalized spacial score (nSPS) is 10.5. The zero-order valence-corrected chi connectivity index (χ0v) is 14.0. The minimum atomic E-state index is -0.0447. The third-order valence-corrected chi connectivity index (χ3v) is 4.40. The van der Waals surface area contributed by atoms with Crippen molar-refractivity contribution in [3.8, 4) is 10.6 Å². The van der Waals surface area contributed by atoms with E-state index in [-0.39, 0.29) is 12.3 Å². The average Bonchev–Trinajstić information content (AvgIpc) is 2.95. The van der Waals surface area contributed by atoms with Crippen LogP contribution in [0.5, 0.6) is 0 Å². The molecule has 0 atom stereocenters. The minimum absolute atomic E-state index is 0.0447. The molecule has 0 saturated carbocycles. The van der Waals surface area contributed by atoms with Gasteiger partial charge in [0.1, 0.15) is 5.01 Å². The van der Waals surface area contributed by atoms with Gasteiger partial charge in [-0.05, 0) is 37.6 Å². The Morgan fingerprint density at radius 3 is 2.57 bits per heavy atom. The van der Waals surface area contributed by atoms with E-state index in [0.717, 1.165) is 27.5 Å². The number of nitrogens with one attached hydrogen (secondary N) is 1. The Bertz CT molecular complexity index is 839. The van der Waals surface area contributed by atoms with Gasteiger partial charge in [-0.2, -0.15) is 0 Å².